The summed E-state index contributed by atoms with van der Waals surface area (Å²) in [6, 6.07) is 7.84. The molecule has 0 spiro atoms. The van der Waals surface area contributed by atoms with Crippen LogP contribution in [0.5, 0.6) is 0 Å². The lowest BCUT2D eigenvalue weighted by Gasteiger charge is -2.10. The zero-order valence-electron chi connectivity index (χ0n) is 15.1. The maximum Gasteiger partial charge on any atom is 0.309 e. The van der Waals surface area contributed by atoms with Gasteiger partial charge in [0.25, 0.3) is 0 Å². The Hall–Kier alpha value is -2.76. The van der Waals surface area contributed by atoms with Gasteiger partial charge in [-0.25, -0.2) is 0 Å². The summed E-state index contributed by atoms with van der Waals surface area (Å²) in [5.41, 5.74) is 2.36. The zero-order valence-corrected chi connectivity index (χ0v) is 15.1. The van der Waals surface area contributed by atoms with Crippen molar-refractivity contribution < 1.29 is 13.9 Å². The normalized spacial score (nSPS) is 21.8. The van der Waals surface area contributed by atoms with Crippen LogP contribution in [0.25, 0.3) is 11.5 Å². The molecule has 1 saturated heterocycles. The van der Waals surface area contributed by atoms with E-state index in [-0.39, 0.29) is 29.8 Å². The van der Waals surface area contributed by atoms with Crippen molar-refractivity contribution in [2.45, 2.75) is 37.3 Å². The van der Waals surface area contributed by atoms with Crippen LogP contribution in [0.2, 0.25) is 0 Å². The number of nitrogens with zero attached hydrogens (tertiary/aromatic N) is 3. The molecule has 4 rings (SSSR count). The van der Waals surface area contributed by atoms with E-state index in [1.165, 1.54) is 0 Å². The average molecular weight is 367 g/mol. The minimum absolute atomic E-state index is 0.00283. The molecular formula is C19H21N5O3. The molecule has 8 heteroatoms. The summed E-state index contributed by atoms with van der Waals surface area (Å²) >= 11 is 0. The number of hydrogen-bond donors (Lipinski definition) is 2. The molecule has 2 atom stereocenters. The molecular weight excluding hydrogens is 346 g/mol. The first-order valence-corrected chi connectivity index (χ1v) is 9.09. The number of amides is 1. The predicted molar refractivity (Wildman–Crippen MR) is 96.0 cm³/mol. The van der Waals surface area contributed by atoms with Crippen molar-refractivity contribution in [3.8, 4) is 17.5 Å². The van der Waals surface area contributed by atoms with Crippen molar-refractivity contribution in [2.75, 3.05) is 20.3 Å². The van der Waals surface area contributed by atoms with Gasteiger partial charge >= 0.3 is 11.8 Å². The smallest absolute Gasteiger partial charge is 0.309 e. The quantitative estimate of drug-likeness (QED) is 0.797. The Morgan fingerprint density at radius 3 is 3.04 bits per heavy atom. The molecule has 1 aromatic heterocycles. The minimum atomic E-state index is -0.386. The van der Waals surface area contributed by atoms with Crippen molar-refractivity contribution in [2.24, 2.45) is 0 Å². The van der Waals surface area contributed by atoms with E-state index in [4.69, 9.17) is 9.15 Å². The number of hydrogen-bond acceptors (Lipinski definition) is 7. The Bertz CT molecular complexity index is 884. The number of carbonyl (C=O) groups is 1. The van der Waals surface area contributed by atoms with Crippen LogP contribution < -0.4 is 10.6 Å². The number of ether oxygens (including phenoxy) is 1. The number of carbonyl (C=O) groups excluding carboxylic acids is 1. The molecule has 1 saturated carbocycles. The van der Waals surface area contributed by atoms with Crippen LogP contribution in [0.15, 0.2) is 22.6 Å². The van der Waals surface area contributed by atoms with Gasteiger partial charge < -0.3 is 19.8 Å². The van der Waals surface area contributed by atoms with Crippen molar-refractivity contribution in [3.63, 3.8) is 0 Å². The highest BCUT2D eigenvalue weighted by Crippen LogP contribution is 2.44. The van der Waals surface area contributed by atoms with Crippen molar-refractivity contribution in [1.82, 2.24) is 20.8 Å². The lowest BCUT2D eigenvalue weighted by atomic mass is 10.0. The van der Waals surface area contributed by atoms with E-state index in [2.05, 4.69) is 26.9 Å². The molecule has 1 aromatic carbocycles. The third-order valence-electron chi connectivity index (χ3n) is 4.97. The number of nitriles is 1. The van der Waals surface area contributed by atoms with Crippen LogP contribution >= 0.6 is 0 Å². The van der Waals surface area contributed by atoms with Gasteiger partial charge in [0.1, 0.15) is 0 Å². The number of aromatic nitrogens is 2. The first-order chi connectivity index (χ1) is 13.2. The summed E-state index contributed by atoms with van der Waals surface area (Å²) in [5, 5.41) is 23.3. The first-order valence-electron chi connectivity index (χ1n) is 9.09. The fraction of sp³-hybridized carbons (Fsp3) is 0.474. The van der Waals surface area contributed by atoms with Gasteiger partial charge in [-0.2, -0.15) is 5.26 Å². The van der Waals surface area contributed by atoms with Gasteiger partial charge in [-0.1, -0.05) is 6.07 Å². The number of rotatable bonds is 6. The topological polar surface area (TPSA) is 113 Å². The third-order valence-corrected chi connectivity index (χ3v) is 4.97. The van der Waals surface area contributed by atoms with Crippen LogP contribution in [0.4, 0.5) is 0 Å². The Morgan fingerprint density at radius 2 is 2.30 bits per heavy atom. The molecule has 1 amide bonds. The summed E-state index contributed by atoms with van der Waals surface area (Å²) in [7, 11) is 1.66. The van der Waals surface area contributed by atoms with Gasteiger partial charge in [-0.3, -0.25) is 4.79 Å². The van der Waals surface area contributed by atoms with E-state index in [0.29, 0.717) is 24.6 Å². The van der Waals surface area contributed by atoms with E-state index in [9.17, 15) is 10.1 Å². The summed E-state index contributed by atoms with van der Waals surface area (Å²) in [5.74, 6) is 0.285. The van der Waals surface area contributed by atoms with Crippen molar-refractivity contribution in [3.05, 3.63) is 35.2 Å². The van der Waals surface area contributed by atoms with Gasteiger partial charge in [0, 0.05) is 31.3 Å². The molecule has 0 unspecified atom stereocenters. The molecule has 140 valence electrons. The fourth-order valence-electron chi connectivity index (χ4n) is 3.49. The van der Waals surface area contributed by atoms with Gasteiger partial charge in [0.2, 0.25) is 5.89 Å². The Labute approximate surface area is 156 Å². The molecule has 2 aromatic rings. The number of methoxy groups -OCH3 is 1. The molecule has 27 heavy (non-hydrogen) atoms. The Morgan fingerprint density at radius 1 is 1.44 bits per heavy atom. The molecule has 1 aliphatic carbocycles. The zero-order chi connectivity index (χ0) is 18.8. The lowest BCUT2D eigenvalue weighted by Crippen LogP contribution is -2.36. The van der Waals surface area contributed by atoms with Gasteiger partial charge in [-0.05, 0) is 42.9 Å². The Kier molecular flexibility index (Phi) is 4.88. The van der Waals surface area contributed by atoms with Crippen LogP contribution in [0.3, 0.4) is 0 Å². The molecule has 8 nitrogen and oxygen atoms in total. The minimum Gasteiger partial charge on any atom is -0.412 e. The summed E-state index contributed by atoms with van der Waals surface area (Å²) in [4.78, 5) is 12.4. The number of nitrogens with one attached hydrogen (secondary N) is 2. The maximum absolute atomic E-state index is 12.4. The summed E-state index contributed by atoms with van der Waals surface area (Å²) < 4.78 is 10.8. The van der Waals surface area contributed by atoms with Gasteiger partial charge in [-0.15, -0.1) is 10.2 Å². The van der Waals surface area contributed by atoms with E-state index < -0.39 is 0 Å². The summed E-state index contributed by atoms with van der Waals surface area (Å²) in [6.45, 7) is 1.28. The maximum atomic E-state index is 12.4. The monoisotopic (exact) mass is 367 g/mol. The van der Waals surface area contributed by atoms with Crippen LogP contribution in [0, 0.1) is 11.3 Å². The molecule has 2 fully saturated rings. The van der Waals surface area contributed by atoms with Crippen molar-refractivity contribution in [1.29, 1.82) is 5.26 Å². The highest BCUT2D eigenvalue weighted by molar-refractivity contribution is 5.90. The molecule has 2 aliphatic rings. The first kappa shape index (κ1) is 17.6. The second kappa shape index (κ2) is 7.47. The molecule has 0 bridgehead atoms. The van der Waals surface area contributed by atoms with Gasteiger partial charge in [0.05, 0.1) is 18.2 Å². The highest BCUT2D eigenvalue weighted by Gasteiger charge is 2.30. The van der Waals surface area contributed by atoms with Crippen LogP contribution in [-0.2, 0) is 4.74 Å². The van der Waals surface area contributed by atoms with Crippen molar-refractivity contribution >= 4 is 5.91 Å². The number of benzene rings is 1. The largest absolute Gasteiger partial charge is 0.412 e. The summed E-state index contributed by atoms with van der Waals surface area (Å²) in [6.07, 6.45) is 3.01. The average Bonchev–Trinajstić information content (AvgIpc) is 3.23. The predicted octanol–water partition coefficient (Wildman–Crippen LogP) is 1.59. The molecule has 2 N–H and O–H groups in total. The standard InChI is InChI=1S/C19H21N5O3/c1-26-10-14-7-13(9-21-14)22-17(25)19-24-23-18(27-19)16-6-11(8-20)2-5-15(16)12-3-4-12/h2,5-6,12-14,21H,3-4,7,9-10H2,1H3,(H,22,25)/t13-,14+/m1/s1. The molecule has 0 radical (unpaired) electrons. The van der Waals surface area contributed by atoms with E-state index >= 15 is 0 Å². The van der Waals surface area contributed by atoms with E-state index in [0.717, 1.165) is 30.4 Å². The van der Waals surface area contributed by atoms with Crippen LogP contribution in [-0.4, -0.2) is 48.4 Å². The third kappa shape index (κ3) is 3.84. The Balaban J connectivity index is 1.49. The van der Waals surface area contributed by atoms with E-state index in [1.54, 1.807) is 19.2 Å². The van der Waals surface area contributed by atoms with Crippen LogP contribution in [0.1, 0.15) is 47.0 Å². The van der Waals surface area contributed by atoms with Gasteiger partial charge in [0.15, 0.2) is 0 Å². The second-order valence-electron chi connectivity index (χ2n) is 7.07. The highest BCUT2D eigenvalue weighted by atomic mass is 16.5. The lowest BCUT2D eigenvalue weighted by molar-refractivity contribution is 0.0904. The second-order valence-corrected chi connectivity index (χ2v) is 7.07. The SMILES string of the molecule is COC[C@@H]1C[C@@H](NC(=O)c2nnc(-c3cc(C#N)ccc3C3CC3)o2)CN1. The van der Waals surface area contributed by atoms with E-state index in [1.807, 2.05) is 6.07 Å². The molecule has 1 aliphatic heterocycles. The molecule has 2 heterocycles. The fourth-order valence-corrected chi connectivity index (χ4v) is 3.49.